The quantitative estimate of drug-likeness (QED) is 0.853. The lowest BCUT2D eigenvalue weighted by Gasteiger charge is -2.26. The van der Waals surface area contributed by atoms with E-state index in [9.17, 15) is 4.79 Å². The van der Waals surface area contributed by atoms with Crippen LogP contribution in [-0.2, 0) is 11.3 Å². The molecule has 1 saturated heterocycles. The summed E-state index contributed by atoms with van der Waals surface area (Å²) in [5, 5.41) is 2.89. The Morgan fingerprint density at radius 2 is 2.00 bits per heavy atom. The summed E-state index contributed by atoms with van der Waals surface area (Å²) in [6.45, 7) is 2.24. The molecule has 2 aliphatic rings. The zero-order valence-electron chi connectivity index (χ0n) is 13.0. The Morgan fingerprint density at radius 3 is 2.68 bits per heavy atom. The fourth-order valence-electron chi connectivity index (χ4n) is 2.63. The van der Waals surface area contributed by atoms with Crippen molar-refractivity contribution in [1.82, 2.24) is 20.3 Å². The highest BCUT2D eigenvalue weighted by molar-refractivity contribution is 5.76. The van der Waals surface area contributed by atoms with Crippen LogP contribution in [0.3, 0.4) is 0 Å². The molecular weight excluding hydrogens is 282 g/mol. The third-order valence-corrected chi connectivity index (χ3v) is 4.09. The summed E-state index contributed by atoms with van der Waals surface area (Å²) in [6, 6.07) is 0.307. The van der Waals surface area contributed by atoms with Gasteiger partial charge in [0, 0.05) is 19.5 Å². The minimum absolute atomic E-state index is 0.0707. The SMILES string of the molecule is COc1nc(CNC(=O)CC2CC2)nc(N2CCCCC2)n1. The second-order valence-corrected chi connectivity index (χ2v) is 6.01. The van der Waals surface area contributed by atoms with Crippen LogP contribution in [0.4, 0.5) is 5.95 Å². The second kappa shape index (κ2) is 6.89. The van der Waals surface area contributed by atoms with E-state index in [-0.39, 0.29) is 5.91 Å². The predicted octanol–water partition coefficient (Wildman–Crippen LogP) is 1.29. The molecule has 0 atom stereocenters. The highest BCUT2D eigenvalue weighted by atomic mass is 16.5. The van der Waals surface area contributed by atoms with Crippen molar-refractivity contribution in [2.75, 3.05) is 25.1 Å². The van der Waals surface area contributed by atoms with E-state index in [1.807, 2.05) is 0 Å². The van der Waals surface area contributed by atoms with Gasteiger partial charge in [-0.3, -0.25) is 4.79 Å². The van der Waals surface area contributed by atoms with E-state index in [2.05, 4.69) is 25.2 Å². The topological polar surface area (TPSA) is 80.2 Å². The number of aromatic nitrogens is 3. The Labute approximate surface area is 130 Å². The summed E-state index contributed by atoms with van der Waals surface area (Å²) in [5.41, 5.74) is 0. The number of hydrogen-bond acceptors (Lipinski definition) is 6. The van der Waals surface area contributed by atoms with Gasteiger partial charge in [0.25, 0.3) is 0 Å². The Balaban J connectivity index is 1.65. The molecule has 1 amide bonds. The van der Waals surface area contributed by atoms with Crippen LogP contribution in [-0.4, -0.2) is 41.1 Å². The second-order valence-electron chi connectivity index (χ2n) is 6.01. The number of rotatable bonds is 6. The Hall–Kier alpha value is -1.92. The molecule has 22 heavy (non-hydrogen) atoms. The molecule has 120 valence electrons. The Bertz CT molecular complexity index is 527. The van der Waals surface area contributed by atoms with Gasteiger partial charge in [-0.05, 0) is 38.0 Å². The molecule has 3 rings (SSSR count). The number of piperidine rings is 1. The number of carbonyl (C=O) groups excluding carboxylic acids is 1. The minimum Gasteiger partial charge on any atom is -0.467 e. The predicted molar refractivity (Wildman–Crippen MR) is 81.6 cm³/mol. The maximum atomic E-state index is 11.8. The van der Waals surface area contributed by atoms with Gasteiger partial charge in [0.1, 0.15) is 0 Å². The first kappa shape index (κ1) is 15.0. The van der Waals surface area contributed by atoms with Gasteiger partial charge >= 0.3 is 6.01 Å². The number of nitrogens with one attached hydrogen (secondary N) is 1. The number of ether oxygens (including phenoxy) is 1. The highest BCUT2D eigenvalue weighted by Gasteiger charge is 2.24. The largest absolute Gasteiger partial charge is 0.467 e. The van der Waals surface area contributed by atoms with Crippen molar-refractivity contribution in [2.45, 2.75) is 45.1 Å². The minimum atomic E-state index is 0.0707. The van der Waals surface area contributed by atoms with E-state index in [1.54, 1.807) is 7.11 Å². The maximum Gasteiger partial charge on any atom is 0.321 e. The average molecular weight is 305 g/mol. The molecule has 0 unspecified atom stereocenters. The van der Waals surface area contributed by atoms with Gasteiger partial charge in [-0.1, -0.05) is 0 Å². The lowest BCUT2D eigenvalue weighted by molar-refractivity contribution is -0.121. The van der Waals surface area contributed by atoms with Crippen LogP contribution in [0.15, 0.2) is 0 Å². The molecule has 2 heterocycles. The summed E-state index contributed by atoms with van der Waals surface area (Å²) < 4.78 is 5.17. The highest BCUT2D eigenvalue weighted by Crippen LogP contribution is 2.32. The smallest absolute Gasteiger partial charge is 0.321 e. The summed E-state index contributed by atoms with van der Waals surface area (Å²) in [6.07, 6.45) is 6.52. The van der Waals surface area contributed by atoms with E-state index in [1.165, 1.54) is 19.3 Å². The zero-order valence-corrected chi connectivity index (χ0v) is 13.0. The molecule has 1 aromatic rings. The van der Waals surface area contributed by atoms with Gasteiger partial charge in [-0.2, -0.15) is 15.0 Å². The number of carbonyl (C=O) groups is 1. The molecule has 7 nitrogen and oxygen atoms in total. The van der Waals surface area contributed by atoms with Crippen molar-refractivity contribution in [1.29, 1.82) is 0 Å². The molecule has 0 radical (unpaired) electrons. The van der Waals surface area contributed by atoms with Crippen LogP contribution in [0.1, 0.15) is 44.3 Å². The molecule has 1 aromatic heterocycles. The number of nitrogens with zero attached hydrogens (tertiary/aromatic N) is 4. The standard InChI is InChI=1S/C15H23N5O2/c1-22-15-18-12(10-16-13(21)9-11-5-6-11)17-14(19-15)20-7-3-2-4-8-20/h11H,2-10H2,1H3,(H,16,21). The van der Waals surface area contributed by atoms with Crippen LogP contribution in [0, 0.1) is 5.92 Å². The number of amides is 1. The van der Waals surface area contributed by atoms with E-state index in [4.69, 9.17) is 4.74 Å². The van der Waals surface area contributed by atoms with E-state index in [0.29, 0.717) is 36.7 Å². The summed E-state index contributed by atoms with van der Waals surface area (Å²) >= 11 is 0. The molecular formula is C15H23N5O2. The number of methoxy groups -OCH3 is 1. The van der Waals surface area contributed by atoms with Crippen LogP contribution in [0.5, 0.6) is 6.01 Å². The average Bonchev–Trinajstić information content (AvgIpc) is 3.37. The van der Waals surface area contributed by atoms with Gasteiger partial charge < -0.3 is 15.0 Å². The van der Waals surface area contributed by atoms with Crippen molar-refractivity contribution in [3.05, 3.63) is 5.82 Å². The van der Waals surface area contributed by atoms with E-state index >= 15 is 0 Å². The van der Waals surface area contributed by atoms with Crippen LogP contribution in [0.25, 0.3) is 0 Å². The molecule has 7 heteroatoms. The number of hydrogen-bond donors (Lipinski definition) is 1. The molecule has 0 bridgehead atoms. The monoisotopic (exact) mass is 305 g/mol. The maximum absolute atomic E-state index is 11.8. The first-order valence-corrected chi connectivity index (χ1v) is 8.05. The Kier molecular flexibility index (Phi) is 4.70. The van der Waals surface area contributed by atoms with Crippen molar-refractivity contribution >= 4 is 11.9 Å². The summed E-state index contributed by atoms with van der Waals surface area (Å²) in [4.78, 5) is 27.0. The molecule has 1 saturated carbocycles. The summed E-state index contributed by atoms with van der Waals surface area (Å²) in [7, 11) is 1.55. The zero-order chi connectivity index (χ0) is 15.4. The van der Waals surface area contributed by atoms with Crippen molar-refractivity contribution in [3.8, 4) is 6.01 Å². The third-order valence-electron chi connectivity index (χ3n) is 4.09. The lowest BCUT2D eigenvalue weighted by Crippen LogP contribution is -2.32. The first-order valence-electron chi connectivity index (χ1n) is 8.05. The van der Waals surface area contributed by atoms with Crippen LogP contribution >= 0.6 is 0 Å². The van der Waals surface area contributed by atoms with Gasteiger partial charge in [0.15, 0.2) is 5.82 Å². The fraction of sp³-hybridized carbons (Fsp3) is 0.733. The molecule has 2 fully saturated rings. The fourth-order valence-corrected chi connectivity index (χ4v) is 2.63. The molecule has 0 aromatic carbocycles. The molecule has 1 aliphatic heterocycles. The number of anilines is 1. The van der Waals surface area contributed by atoms with Gasteiger partial charge in [0.05, 0.1) is 13.7 Å². The van der Waals surface area contributed by atoms with Crippen molar-refractivity contribution in [3.63, 3.8) is 0 Å². The van der Waals surface area contributed by atoms with Gasteiger partial charge in [-0.15, -0.1) is 0 Å². The Morgan fingerprint density at radius 1 is 1.23 bits per heavy atom. The first-order chi connectivity index (χ1) is 10.7. The lowest BCUT2D eigenvalue weighted by atomic mass is 10.1. The van der Waals surface area contributed by atoms with Gasteiger partial charge in [-0.25, -0.2) is 0 Å². The normalized spacial score (nSPS) is 18.1. The van der Waals surface area contributed by atoms with Gasteiger partial charge in [0.2, 0.25) is 11.9 Å². The summed E-state index contributed by atoms with van der Waals surface area (Å²) in [5.74, 6) is 1.85. The molecule has 1 aliphatic carbocycles. The van der Waals surface area contributed by atoms with Crippen LogP contribution in [0.2, 0.25) is 0 Å². The third kappa shape index (κ3) is 4.05. The van der Waals surface area contributed by atoms with E-state index in [0.717, 1.165) is 25.9 Å². The van der Waals surface area contributed by atoms with Crippen molar-refractivity contribution in [2.24, 2.45) is 5.92 Å². The molecule has 0 spiro atoms. The van der Waals surface area contributed by atoms with E-state index < -0.39 is 0 Å². The van der Waals surface area contributed by atoms with Crippen LogP contribution < -0.4 is 15.0 Å². The van der Waals surface area contributed by atoms with Crippen molar-refractivity contribution < 1.29 is 9.53 Å². The molecule has 1 N–H and O–H groups in total.